The molecule has 4 aromatic rings. The van der Waals surface area contributed by atoms with Crippen LogP contribution in [0.4, 0.5) is 10.8 Å². The summed E-state index contributed by atoms with van der Waals surface area (Å²) in [6.45, 7) is 5.42. The standard InChI is InChI=1S/C28H28ClN3O2S/c1-19(2)16-30-27(33)22-6-4-20(5-7-22)17-32(24-12-14-25(34-3)15-13-24)28-31-26(18-35-28)21-8-10-23(29)11-9-21/h4-15,18-19H,16-17H2,1-3H3,(H,30,33). The van der Waals surface area contributed by atoms with Crippen molar-refractivity contribution < 1.29 is 9.53 Å². The number of carbonyl (C=O) groups excluding carboxylic acids is 1. The summed E-state index contributed by atoms with van der Waals surface area (Å²) in [6.07, 6.45) is 0. The van der Waals surface area contributed by atoms with Gasteiger partial charge in [0, 0.05) is 33.8 Å². The quantitative estimate of drug-likeness (QED) is 0.261. The second kappa shape index (κ2) is 11.4. The van der Waals surface area contributed by atoms with E-state index >= 15 is 0 Å². The summed E-state index contributed by atoms with van der Waals surface area (Å²) in [5.74, 6) is 1.16. The summed E-state index contributed by atoms with van der Waals surface area (Å²) in [7, 11) is 1.66. The Hall–Kier alpha value is -3.35. The minimum absolute atomic E-state index is 0.0511. The fraction of sp³-hybridized carbons (Fsp3) is 0.214. The van der Waals surface area contributed by atoms with Crippen LogP contribution in [0.5, 0.6) is 5.75 Å². The maximum atomic E-state index is 12.4. The number of thiazole rings is 1. The predicted molar refractivity (Wildman–Crippen MR) is 145 cm³/mol. The molecule has 0 aliphatic rings. The smallest absolute Gasteiger partial charge is 0.251 e. The molecule has 1 aromatic heterocycles. The topological polar surface area (TPSA) is 54.5 Å². The van der Waals surface area contributed by atoms with Gasteiger partial charge >= 0.3 is 0 Å². The van der Waals surface area contributed by atoms with Crippen LogP contribution in [0, 0.1) is 5.92 Å². The van der Waals surface area contributed by atoms with Crippen LogP contribution in [-0.4, -0.2) is 24.5 Å². The van der Waals surface area contributed by atoms with E-state index in [0.29, 0.717) is 29.6 Å². The number of rotatable bonds is 9. The lowest BCUT2D eigenvalue weighted by Crippen LogP contribution is -2.27. The summed E-state index contributed by atoms with van der Waals surface area (Å²) in [5.41, 5.74) is 4.65. The Morgan fingerprint density at radius 2 is 1.71 bits per heavy atom. The molecule has 5 nitrogen and oxygen atoms in total. The first-order chi connectivity index (χ1) is 16.9. The van der Waals surface area contributed by atoms with E-state index in [1.807, 2.05) is 72.8 Å². The molecule has 0 saturated heterocycles. The van der Waals surface area contributed by atoms with Gasteiger partial charge in [-0.05, 0) is 60.0 Å². The predicted octanol–water partition coefficient (Wildman–Crippen LogP) is 7.20. The number of aromatic nitrogens is 1. The average Bonchev–Trinajstić information content (AvgIpc) is 3.36. The van der Waals surface area contributed by atoms with E-state index < -0.39 is 0 Å². The first-order valence-electron chi connectivity index (χ1n) is 11.4. The highest BCUT2D eigenvalue weighted by Gasteiger charge is 2.16. The number of halogens is 1. The molecule has 0 bridgehead atoms. The number of carbonyl (C=O) groups is 1. The van der Waals surface area contributed by atoms with E-state index in [0.717, 1.165) is 33.4 Å². The van der Waals surface area contributed by atoms with Gasteiger partial charge in [0.1, 0.15) is 5.75 Å². The van der Waals surface area contributed by atoms with Crippen LogP contribution in [-0.2, 0) is 6.54 Å². The first kappa shape index (κ1) is 24.8. The normalized spacial score (nSPS) is 10.9. The monoisotopic (exact) mass is 505 g/mol. The molecule has 35 heavy (non-hydrogen) atoms. The molecule has 0 aliphatic heterocycles. The summed E-state index contributed by atoms with van der Waals surface area (Å²) >= 11 is 7.63. The molecule has 0 atom stereocenters. The van der Waals surface area contributed by atoms with E-state index in [1.165, 1.54) is 0 Å². The highest BCUT2D eigenvalue weighted by Crippen LogP contribution is 2.34. The number of benzene rings is 3. The Bertz CT molecular complexity index is 1250. The summed E-state index contributed by atoms with van der Waals surface area (Å²) in [6, 6.07) is 23.4. The van der Waals surface area contributed by atoms with Gasteiger partial charge in [-0.25, -0.2) is 4.98 Å². The zero-order valence-electron chi connectivity index (χ0n) is 20.0. The summed E-state index contributed by atoms with van der Waals surface area (Å²) in [4.78, 5) is 19.5. The molecular weight excluding hydrogens is 478 g/mol. The SMILES string of the molecule is COc1ccc(N(Cc2ccc(C(=O)NCC(C)C)cc2)c2nc(-c3ccc(Cl)cc3)cs2)cc1. The van der Waals surface area contributed by atoms with Crippen LogP contribution in [0.1, 0.15) is 29.8 Å². The van der Waals surface area contributed by atoms with Crippen molar-refractivity contribution in [2.75, 3.05) is 18.6 Å². The zero-order chi connectivity index (χ0) is 24.8. The molecule has 0 spiro atoms. The number of nitrogens with one attached hydrogen (secondary N) is 1. The van der Waals surface area contributed by atoms with Gasteiger partial charge < -0.3 is 15.0 Å². The van der Waals surface area contributed by atoms with Gasteiger partial charge in [-0.3, -0.25) is 4.79 Å². The fourth-order valence-electron chi connectivity index (χ4n) is 3.52. The van der Waals surface area contributed by atoms with Crippen LogP contribution < -0.4 is 15.0 Å². The average molecular weight is 506 g/mol. The highest BCUT2D eigenvalue weighted by atomic mass is 35.5. The molecule has 0 aliphatic carbocycles. The molecule has 3 aromatic carbocycles. The Kier molecular flexibility index (Phi) is 8.06. The van der Waals surface area contributed by atoms with Crippen LogP contribution >= 0.6 is 22.9 Å². The number of hydrogen-bond donors (Lipinski definition) is 1. The van der Waals surface area contributed by atoms with Crippen molar-refractivity contribution in [1.82, 2.24) is 10.3 Å². The van der Waals surface area contributed by atoms with Crippen molar-refractivity contribution in [3.05, 3.63) is 94.3 Å². The number of amides is 1. The first-order valence-corrected chi connectivity index (χ1v) is 12.7. The van der Waals surface area contributed by atoms with Gasteiger partial charge in [0.25, 0.3) is 5.91 Å². The number of anilines is 2. The molecule has 1 heterocycles. The molecule has 180 valence electrons. The highest BCUT2D eigenvalue weighted by molar-refractivity contribution is 7.14. The number of hydrogen-bond acceptors (Lipinski definition) is 5. The van der Waals surface area contributed by atoms with Crippen molar-refractivity contribution in [3.8, 4) is 17.0 Å². The van der Waals surface area contributed by atoms with Gasteiger partial charge in [-0.15, -0.1) is 11.3 Å². The van der Waals surface area contributed by atoms with Gasteiger partial charge in [0.05, 0.1) is 19.3 Å². The number of nitrogens with zero attached hydrogens (tertiary/aromatic N) is 2. The van der Waals surface area contributed by atoms with Crippen LogP contribution in [0.15, 0.2) is 78.2 Å². The third-order valence-corrected chi connectivity index (χ3v) is 6.59. The third kappa shape index (κ3) is 6.41. The van der Waals surface area contributed by atoms with Crippen LogP contribution in [0.2, 0.25) is 5.02 Å². The minimum atomic E-state index is -0.0511. The third-order valence-electron chi connectivity index (χ3n) is 5.47. The van der Waals surface area contributed by atoms with Crippen molar-refractivity contribution >= 4 is 39.7 Å². The molecule has 7 heteroatoms. The molecular formula is C28H28ClN3O2S. The van der Waals surface area contributed by atoms with Crippen molar-refractivity contribution in [2.45, 2.75) is 20.4 Å². The Balaban J connectivity index is 1.59. The lowest BCUT2D eigenvalue weighted by Gasteiger charge is -2.22. The van der Waals surface area contributed by atoms with Gasteiger partial charge in [-0.2, -0.15) is 0 Å². The van der Waals surface area contributed by atoms with E-state index in [9.17, 15) is 4.79 Å². The molecule has 0 unspecified atom stereocenters. The molecule has 4 rings (SSSR count). The van der Waals surface area contributed by atoms with Crippen LogP contribution in [0.25, 0.3) is 11.3 Å². The molecule has 1 N–H and O–H groups in total. The maximum Gasteiger partial charge on any atom is 0.251 e. The van der Waals surface area contributed by atoms with Crippen molar-refractivity contribution in [3.63, 3.8) is 0 Å². The Morgan fingerprint density at radius 3 is 2.34 bits per heavy atom. The van der Waals surface area contributed by atoms with Gasteiger partial charge in [0.2, 0.25) is 0 Å². The minimum Gasteiger partial charge on any atom is -0.497 e. The summed E-state index contributed by atoms with van der Waals surface area (Å²) in [5, 5.41) is 6.59. The van der Waals surface area contributed by atoms with Crippen molar-refractivity contribution in [2.24, 2.45) is 5.92 Å². The van der Waals surface area contributed by atoms with E-state index in [-0.39, 0.29) is 5.91 Å². The van der Waals surface area contributed by atoms with Crippen molar-refractivity contribution in [1.29, 1.82) is 0 Å². The second-order valence-electron chi connectivity index (χ2n) is 8.61. The Morgan fingerprint density at radius 1 is 1.03 bits per heavy atom. The summed E-state index contributed by atoms with van der Waals surface area (Å²) < 4.78 is 5.33. The second-order valence-corrected chi connectivity index (χ2v) is 9.88. The lowest BCUT2D eigenvalue weighted by atomic mass is 10.1. The van der Waals surface area contributed by atoms with Crippen LogP contribution in [0.3, 0.4) is 0 Å². The molecule has 1 amide bonds. The van der Waals surface area contributed by atoms with E-state index in [1.54, 1.807) is 18.4 Å². The fourth-order valence-corrected chi connectivity index (χ4v) is 4.50. The largest absolute Gasteiger partial charge is 0.497 e. The lowest BCUT2D eigenvalue weighted by molar-refractivity contribution is 0.0949. The molecule has 0 radical (unpaired) electrons. The number of methoxy groups -OCH3 is 1. The Labute approximate surface area is 215 Å². The maximum absolute atomic E-state index is 12.4. The molecule has 0 fully saturated rings. The number of ether oxygens (including phenoxy) is 1. The molecule has 0 saturated carbocycles. The van der Waals surface area contributed by atoms with Gasteiger partial charge in [0.15, 0.2) is 5.13 Å². The van der Waals surface area contributed by atoms with Gasteiger partial charge in [-0.1, -0.05) is 49.7 Å². The van der Waals surface area contributed by atoms with E-state index in [2.05, 4.69) is 29.4 Å². The van der Waals surface area contributed by atoms with E-state index in [4.69, 9.17) is 21.3 Å². The zero-order valence-corrected chi connectivity index (χ0v) is 21.6.